The van der Waals surface area contributed by atoms with Gasteiger partial charge in [-0.1, -0.05) is 0 Å². The van der Waals surface area contributed by atoms with Crippen LogP contribution in [0.1, 0.15) is 62.5 Å². The Labute approximate surface area is 115 Å². The van der Waals surface area contributed by atoms with Crippen molar-refractivity contribution in [2.45, 2.75) is 51.0 Å². The lowest BCUT2D eigenvalue weighted by Crippen LogP contribution is -2.44. The van der Waals surface area contributed by atoms with Crippen LogP contribution in [-0.4, -0.2) is 9.55 Å². The van der Waals surface area contributed by atoms with E-state index in [4.69, 9.17) is 10.7 Å². The summed E-state index contributed by atoms with van der Waals surface area (Å²) in [5.41, 5.74) is 7.23. The van der Waals surface area contributed by atoms with E-state index in [1.807, 2.05) is 6.20 Å². The summed E-state index contributed by atoms with van der Waals surface area (Å²) in [5.74, 6) is 5.90. The lowest BCUT2D eigenvalue weighted by Gasteiger charge is -2.54. The molecule has 0 radical (unpaired) electrons. The number of rotatable bonds is 2. The highest BCUT2D eigenvalue weighted by Gasteiger charge is 2.49. The van der Waals surface area contributed by atoms with Gasteiger partial charge in [0.1, 0.15) is 5.82 Å². The molecule has 5 rings (SSSR count). The second-order valence-electron chi connectivity index (χ2n) is 7.35. The molecule has 1 atom stereocenters. The summed E-state index contributed by atoms with van der Waals surface area (Å²) in [6, 6.07) is 0.0862. The van der Waals surface area contributed by atoms with Gasteiger partial charge in [0, 0.05) is 19.0 Å². The zero-order valence-corrected chi connectivity index (χ0v) is 12.0. The Morgan fingerprint density at radius 2 is 1.74 bits per heavy atom. The van der Waals surface area contributed by atoms with Gasteiger partial charge in [-0.2, -0.15) is 0 Å². The molecule has 4 aliphatic carbocycles. The number of hydrogen-bond acceptors (Lipinski definition) is 2. The monoisotopic (exact) mass is 259 g/mol. The lowest BCUT2D eigenvalue weighted by molar-refractivity contribution is -0.00654. The molecule has 1 heterocycles. The van der Waals surface area contributed by atoms with E-state index in [0.717, 1.165) is 23.7 Å². The third kappa shape index (κ3) is 1.70. The van der Waals surface area contributed by atoms with Crippen LogP contribution in [0.5, 0.6) is 0 Å². The minimum Gasteiger partial charge on any atom is -0.333 e. The molecule has 0 aliphatic heterocycles. The van der Waals surface area contributed by atoms with E-state index in [2.05, 4.69) is 18.5 Å². The number of nitrogens with zero attached hydrogens (tertiary/aromatic N) is 2. The van der Waals surface area contributed by atoms with Crippen LogP contribution >= 0.6 is 0 Å². The predicted octanol–water partition coefficient (Wildman–Crippen LogP) is 2.98. The van der Waals surface area contributed by atoms with Gasteiger partial charge in [-0.3, -0.25) is 0 Å². The molecule has 4 aliphatic rings. The van der Waals surface area contributed by atoms with E-state index < -0.39 is 0 Å². The Morgan fingerprint density at radius 3 is 2.21 bits per heavy atom. The molecular weight excluding hydrogens is 234 g/mol. The highest BCUT2D eigenvalue weighted by Crippen LogP contribution is 2.59. The van der Waals surface area contributed by atoms with E-state index in [9.17, 15) is 0 Å². The summed E-state index contributed by atoms with van der Waals surface area (Å²) in [7, 11) is 2.16. The van der Waals surface area contributed by atoms with Gasteiger partial charge in [0.2, 0.25) is 0 Å². The second-order valence-corrected chi connectivity index (χ2v) is 7.35. The zero-order valence-electron chi connectivity index (χ0n) is 12.0. The molecule has 3 heteroatoms. The van der Waals surface area contributed by atoms with Gasteiger partial charge in [-0.15, -0.1) is 0 Å². The largest absolute Gasteiger partial charge is 0.333 e. The van der Waals surface area contributed by atoms with Crippen molar-refractivity contribution in [2.75, 3.05) is 0 Å². The van der Waals surface area contributed by atoms with Crippen molar-refractivity contribution < 1.29 is 0 Å². The van der Waals surface area contributed by atoms with Crippen LogP contribution in [0.3, 0.4) is 0 Å². The minimum atomic E-state index is 0.0862. The van der Waals surface area contributed by atoms with Crippen molar-refractivity contribution in [3.8, 4) is 0 Å². The van der Waals surface area contributed by atoms with Crippen LogP contribution in [-0.2, 0) is 7.05 Å². The van der Waals surface area contributed by atoms with E-state index in [1.165, 1.54) is 43.6 Å². The molecule has 4 bridgehead atoms. The number of imidazole rings is 1. The van der Waals surface area contributed by atoms with E-state index in [1.54, 1.807) is 0 Å². The Balaban J connectivity index is 1.69. The fourth-order valence-corrected chi connectivity index (χ4v) is 5.52. The average molecular weight is 259 g/mol. The fraction of sp³-hybridized carbons (Fsp3) is 0.812. The molecule has 4 saturated carbocycles. The Morgan fingerprint density at radius 1 is 1.16 bits per heavy atom. The summed E-state index contributed by atoms with van der Waals surface area (Å²) >= 11 is 0. The zero-order chi connectivity index (χ0) is 13.1. The second kappa shape index (κ2) is 4.08. The van der Waals surface area contributed by atoms with Gasteiger partial charge in [0.25, 0.3) is 0 Å². The first-order valence-electron chi connectivity index (χ1n) is 7.90. The molecule has 4 fully saturated rings. The van der Waals surface area contributed by atoms with Gasteiger partial charge in [-0.05, 0) is 62.7 Å². The van der Waals surface area contributed by atoms with E-state index in [0.29, 0.717) is 5.92 Å². The van der Waals surface area contributed by atoms with Crippen LogP contribution in [0.2, 0.25) is 0 Å². The van der Waals surface area contributed by atoms with Gasteiger partial charge < -0.3 is 10.3 Å². The molecule has 0 amide bonds. The first-order chi connectivity index (χ1) is 9.13. The molecule has 104 valence electrons. The first kappa shape index (κ1) is 12.0. The maximum absolute atomic E-state index is 6.04. The maximum Gasteiger partial charge on any atom is 0.112 e. The van der Waals surface area contributed by atoms with Crippen LogP contribution in [0.4, 0.5) is 0 Å². The third-order valence-electron chi connectivity index (χ3n) is 6.05. The van der Waals surface area contributed by atoms with E-state index in [-0.39, 0.29) is 6.04 Å². The molecule has 2 N–H and O–H groups in total. The summed E-state index contributed by atoms with van der Waals surface area (Å²) in [4.78, 5) is 4.77. The van der Waals surface area contributed by atoms with E-state index >= 15 is 0 Å². The SMILES string of the molecule is CC(N)c1cnc(C2C3CC4CC(C3)CC2C4)n1C. The highest BCUT2D eigenvalue weighted by molar-refractivity contribution is 5.17. The number of hydrogen-bond donors (Lipinski definition) is 1. The third-order valence-corrected chi connectivity index (χ3v) is 6.05. The van der Waals surface area contributed by atoms with Crippen LogP contribution in [0, 0.1) is 23.7 Å². The van der Waals surface area contributed by atoms with Gasteiger partial charge in [-0.25, -0.2) is 4.98 Å². The molecule has 0 spiro atoms. The van der Waals surface area contributed by atoms with Crippen molar-refractivity contribution in [1.82, 2.24) is 9.55 Å². The van der Waals surface area contributed by atoms with Gasteiger partial charge in [0.05, 0.1) is 11.9 Å². The molecule has 19 heavy (non-hydrogen) atoms. The van der Waals surface area contributed by atoms with Crippen LogP contribution in [0.15, 0.2) is 6.20 Å². The first-order valence-corrected chi connectivity index (χ1v) is 7.90. The average Bonchev–Trinajstić information content (AvgIpc) is 2.70. The number of nitrogens with two attached hydrogens (primary N) is 1. The quantitative estimate of drug-likeness (QED) is 0.887. The van der Waals surface area contributed by atoms with Crippen molar-refractivity contribution in [3.63, 3.8) is 0 Å². The van der Waals surface area contributed by atoms with Crippen LogP contribution in [0.25, 0.3) is 0 Å². The smallest absolute Gasteiger partial charge is 0.112 e. The van der Waals surface area contributed by atoms with Crippen molar-refractivity contribution in [1.29, 1.82) is 0 Å². The lowest BCUT2D eigenvalue weighted by atomic mass is 9.51. The van der Waals surface area contributed by atoms with Crippen molar-refractivity contribution in [2.24, 2.45) is 36.5 Å². The number of aromatic nitrogens is 2. The Kier molecular flexibility index (Phi) is 2.57. The molecule has 1 aromatic heterocycles. The van der Waals surface area contributed by atoms with Crippen molar-refractivity contribution >= 4 is 0 Å². The molecule has 0 saturated heterocycles. The Hall–Kier alpha value is -0.830. The van der Waals surface area contributed by atoms with Gasteiger partial charge >= 0.3 is 0 Å². The van der Waals surface area contributed by atoms with Gasteiger partial charge in [0.15, 0.2) is 0 Å². The standard InChI is InChI=1S/C16H25N3/c1-9(17)14-8-18-16(19(14)2)15-12-4-10-3-11(6-12)7-13(15)5-10/h8-13,15H,3-7,17H2,1-2H3. The molecule has 1 unspecified atom stereocenters. The summed E-state index contributed by atoms with van der Waals surface area (Å²) in [6.45, 7) is 2.05. The normalized spacial score (nSPS) is 41.7. The topological polar surface area (TPSA) is 43.8 Å². The Bertz CT molecular complexity index is 460. The summed E-state index contributed by atoms with van der Waals surface area (Å²) in [6.07, 6.45) is 9.35. The van der Waals surface area contributed by atoms with Crippen molar-refractivity contribution in [3.05, 3.63) is 17.7 Å². The maximum atomic E-state index is 6.04. The summed E-state index contributed by atoms with van der Waals surface area (Å²) < 4.78 is 2.29. The molecule has 1 aromatic rings. The minimum absolute atomic E-state index is 0.0862. The molecular formula is C16H25N3. The fourth-order valence-electron chi connectivity index (χ4n) is 5.52. The highest BCUT2D eigenvalue weighted by atomic mass is 15.1. The molecule has 0 aromatic carbocycles. The summed E-state index contributed by atoms with van der Waals surface area (Å²) in [5, 5.41) is 0. The van der Waals surface area contributed by atoms with Crippen LogP contribution < -0.4 is 5.73 Å². The predicted molar refractivity (Wildman–Crippen MR) is 75.6 cm³/mol. The molecule has 3 nitrogen and oxygen atoms in total.